The summed E-state index contributed by atoms with van der Waals surface area (Å²) < 4.78 is 0. The van der Waals surface area contributed by atoms with E-state index >= 15 is 0 Å². The van der Waals surface area contributed by atoms with Gasteiger partial charge in [-0.3, -0.25) is 9.59 Å². The SMILES string of the molecule is CNC(=O)c1cc(Cl)ccc1NC(=O)c1cnn(C(C)C)n1. The summed E-state index contributed by atoms with van der Waals surface area (Å²) in [4.78, 5) is 25.5. The smallest absolute Gasteiger partial charge is 0.277 e. The molecule has 0 aliphatic carbocycles. The molecule has 0 radical (unpaired) electrons. The van der Waals surface area contributed by atoms with Crippen LogP contribution in [0.25, 0.3) is 0 Å². The van der Waals surface area contributed by atoms with Gasteiger partial charge in [0, 0.05) is 12.1 Å². The second kappa shape index (κ2) is 6.57. The predicted molar refractivity (Wildman–Crippen MR) is 83.2 cm³/mol. The number of amides is 2. The van der Waals surface area contributed by atoms with Crippen LogP contribution in [0.15, 0.2) is 24.4 Å². The number of benzene rings is 1. The lowest BCUT2D eigenvalue weighted by Gasteiger charge is -2.09. The predicted octanol–water partition coefficient (Wildman–Crippen LogP) is 2.12. The summed E-state index contributed by atoms with van der Waals surface area (Å²) in [6.45, 7) is 3.81. The van der Waals surface area contributed by atoms with Gasteiger partial charge in [0.1, 0.15) is 0 Å². The Kier molecular flexibility index (Phi) is 4.77. The molecule has 1 heterocycles. The van der Waals surface area contributed by atoms with E-state index in [0.29, 0.717) is 10.7 Å². The van der Waals surface area contributed by atoms with Crippen LogP contribution in [0, 0.1) is 0 Å². The number of nitrogens with zero attached hydrogens (tertiary/aromatic N) is 3. The van der Waals surface area contributed by atoms with Crippen LogP contribution in [0.3, 0.4) is 0 Å². The van der Waals surface area contributed by atoms with Gasteiger partial charge >= 0.3 is 0 Å². The van der Waals surface area contributed by atoms with Crippen LogP contribution in [0.2, 0.25) is 5.02 Å². The number of hydrogen-bond acceptors (Lipinski definition) is 4. The summed E-state index contributed by atoms with van der Waals surface area (Å²) in [5.74, 6) is -0.789. The minimum atomic E-state index is -0.445. The first-order valence-corrected chi connectivity index (χ1v) is 7.05. The summed E-state index contributed by atoms with van der Waals surface area (Å²) in [6, 6.07) is 4.70. The maximum Gasteiger partial charge on any atom is 0.277 e. The van der Waals surface area contributed by atoms with Gasteiger partial charge < -0.3 is 10.6 Å². The second-order valence-corrected chi connectivity index (χ2v) is 5.30. The molecule has 0 saturated heterocycles. The molecule has 2 aromatic rings. The van der Waals surface area contributed by atoms with E-state index in [2.05, 4.69) is 20.8 Å². The topological polar surface area (TPSA) is 88.9 Å². The molecule has 0 aliphatic rings. The molecule has 7 nitrogen and oxygen atoms in total. The lowest BCUT2D eigenvalue weighted by atomic mass is 10.1. The van der Waals surface area contributed by atoms with Crippen molar-refractivity contribution in [3.8, 4) is 0 Å². The Balaban J connectivity index is 2.26. The van der Waals surface area contributed by atoms with Crippen molar-refractivity contribution in [3.05, 3.63) is 40.7 Å². The van der Waals surface area contributed by atoms with Gasteiger partial charge in [-0.1, -0.05) is 11.6 Å². The van der Waals surface area contributed by atoms with Gasteiger partial charge in [0.2, 0.25) is 0 Å². The van der Waals surface area contributed by atoms with Crippen molar-refractivity contribution in [3.63, 3.8) is 0 Å². The van der Waals surface area contributed by atoms with Gasteiger partial charge in [0.05, 0.1) is 23.5 Å². The van der Waals surface area contributed by atoms with E-state index in [1.807, 2.05) is 13.8 Å². The monoisotopic (exact) mass is 321 g/mol. The van der Waals surface area contributed by atoms with Crippen LogP contribution in [-0.2, 0) is 0 Å². The third kappa shape index (κ3) is 3.43. The first kappa shape index (κ1) is 16.0. The highest BCUT2D eigenvalue weighted by atomic mass is 35.5. The highest BCUT2D eigenvalue weighted by molar-refractivity contribution is 6.31. The summed E-state index contributed by atoms with van der Waals surface area (Å²) in [5, 5.41) is 13.6. The van der Waals surface area contributed by atoms with Crippen LogP contribution >= 0.6 is 11.6 Å². The molecule has 1 aromatic carbocycles. The molecule has 2 rings (SSSR count). The Bertz CT molecular complexity index is 711. The first-order valence-electron chi connectivity index (χ1n) is 6.67. The van der Waals surface area contributed by atoms with Crippen molar-refractivity contribution in [1.29, 1.82) is 0 Å². The molecule has 0 fully saturated rings. The molecule has 116 valence electrons. The molecule has 0 spiro atoms. The van der Waals surface area contributed by atoms with Crippen molar-refractivity contribution >= 4 is 29.1 Å². The van der Waals surface area contributed by atoms with Gasteiger partial charge in [-0.05, 0) is 32.0 Å². The molecular weight excluding hydrogens is 306 g/mol. The number of rotatable bonds is 4. The number of carbonyl (C=O) groups is 2. The van der Waals surface area contributed by atoms with Crippen LogP contribution in [0.1, 0.15) is 40.7 Å². The highest BCUT2D eigenvalue weighted by Crippen LogP contribution is 2.21. The summed E-state index contributed by atoms with van der Waals surface area (Å²) >= 11 is 5.89. The molecule has 0 aliphatic heterocycles. The summed E-state index contributed by atoms with van der Waals surface area (Å²) in [7, 11) is 1.50. The van der Waals surface area contributed by atoms with Gasteiger partial charge in [0.15, 0.2) is 5.69 Å². The van der Waals surface area contributed by atoms with Gasteiger partial charge in [-0.15, -0.1) is 5.10 Å². The highest BCUT2D eigenvalue weighted by Gasteiger charge is 2.16. The molecule has 0 atom stereocenters. The molecule has 0 unspecified atom stereocenters. The summed E-state index contributed by atoms with van der Waals surface area (Å²) in [5.41, 5.74) is 0.805. The molecule has 0 saturated carbocycles. The van der Waals surface area contributed by atoms with Gasteiger partial charge in [-0.25, -0.2) is 0 Å². The van der Waals surface area contributed by atoms with Crippen molar-refractivity contribution in [2.75, 3.05) is 12.4 Å². The minimum absolute atomic E-state index is 0.0542. The van der Waals surface area contributed by atoms with Gasteiger partial charge in [-0.2, -0.15) is 9.90 Å². The van der Waals surface area contributed by atoms with Gasteiger partial charge in [0.25, 0.3) is 11.8 Å². The summed E-state index contributed by atoms with van der Waals surface area (Å²) in [6.07, 6.45) is 1.38. The van der Waals surface area contributed by atoms with E-state index in [-0.39, 0.29) is 23.2 Å². The maximum atomic E-state index is 12.2. The zero-order valence-corrected chi connectivity index (χ0v) is 13.2. The third-order valence-corrected chi connectivity index (χ3v) is 3.14. The molecule has 1 aromatic heterocycles. The van der Waals surface area contributed by atoms with Crippen LogP contribution in [-0.4, -0.2) is 33.9 Å². The molecule has 2 N–H and O–H groups in total. The van der Waals surface area contributed by atoms with Crippen molar-refractivity contribution in [2.24, 2.45) is 0 Å². The van der Waals surface area contributed by atoms with E-state index in [4.69, 9.17) is 11.6 Å². The lowest BCUT2D eigenvalue weighted by molar-refractivity contribution is 0.0964. The van der Waals surface area contributed by atoms with Crippen LogP contribution in [0.4, 0.5) is 5.69 Å². The number of hydrogen-bond donors (Lipinski definition) is 2. The number of aromatic nitrogens is 3. The fraction of sp³-hybridized carbons (Fsp3) is 0.286. The molecular formula is C14H16ClN5O2. The molecule has 0 bridgehead atoms. The minimum Gasteiger partial charge on any atom is -0.355 e. The Morgan fingerprint density at radius 1 is 1.27 bits per heavy atom. The molecule has 2 amide bonds. The largest absolute Gasteiger partial charge is 0.355 e. The normalized spacial score (nSPS) is 10.6. The average molecular weight is 322 g/mol. The lowest BCUT2D eigenvalue weighted by Crippen LogP contribution is -2.22. The fourth-order valence-corrected chi connectivity index (χ4v) is 1.94. The number of halogens is 1. The zero-order valence-electron chi connectivity index (χ0n) is 12.4. The van der Waals surface area contributed by atoms with Crippen LogP contribution in [0.5, 0.6) is 0 Å². The van der Waals surface area contributed by atoms with Crippen molar-refractivity contribution in [1.82, 2.24) is 20.3 Å². The van der Waals surface area contributed by atoms with Crippen molar-refractivity contribution in [2.45, 2.75) is 19.9 Å². The fourth-order valence-electron chi connectivity index (χ4n) is 1.76. The number of nitrogens with one attached hydrogen (secondary N) is 2. The number of carbonyl (C=O) groups excluding carboxylic acids is 2. The van der Waals surface area contributed by atoms with Crippen molar-refractivity contribution < 1.29 is 9.59 Å². The van der Waals surface area contributed by atoms with E-state index in [1.165, 1.54) is 24.1 Å². The Hall–Kier alpha value is -2.41. The molecule has 22 heavy (non-hydrogen) atoms. The second-order valence-electron chi connectivity index (χ2n) is 4.87. The number of anilines is 1. The van der Waals surface area contributed by atoms with Crippen LogP contribution < -0.4 is 10.6 Å². The Labute approximate surface area is 132 Å². The third-order valence-electron chi connectivity index (χ3n) is 2.90. The van der Waals surface area contributed by atoms with E-state index in [9.17, 15) is 9.59 Å². The molecule has 8 heteroatoms. The van der Waals surface area contributed by atoms with E-state index in [0.717, 1.165) is 0 Å². The van der Waals surface area contributed by atoms with E-state index in [1.54, 1.807) is 12.1 Å². The Morgan fingerprint density at radius 2 is 2.00 bits per heavy atom. The maximum absolute atomic E-state index is 12.2. The standard InChI is InChI=1S/C14H16ClN5O2/c1-8(2)20-17-7-12(19-20)14(22)18-11-5-4-9(15)6-10(11)13(21)16-3/h4-8H,1-3H3,(H,16,21)(H,18,22). The quantitative estimate of drug-likeness (QED) is 0.902. The Morgan fingerprint density at radius 3 is 2.59 bits per heavy atom. The average Bonchev–Trinajstić information content (AvgIpc) is 2.98. The van der Waals surface area contributed by atoms with E-state index < -0.39 is 5.91 Å². The zero-order chi connectivity index (χ0) is 16.3. The first-order chi connectivity index (χ1) is 10.4.